The van der Waals surface area contributed by atoms with E-state index < -0.39 is 35.4 Å². The zero-order valence-electron chi connectivity index (χ0n) is 13.7. The Balaban J connectivity index is 1.64. The maximum Gasteiger partial charge on any atom is 0.352 e. The average Bonchev–Trinajstić information content (AvgIpc) is 2.91. The van der Waals surface area contributed by atoms with Gasteiger partial charge in [-0.1, -0.05) is 29.3 Å². The van der Waals surface area contributed by atoms with Crippen LogP contribution in [-0.2, 0) is 16.2 Å². The standard InChI is InChI=1S/C18H11N3O6/c22-14(27-21-16(24)10-5-1-2-6-11(10)17(21)25)9-20-13-8-4-3-7-12(13)19-15(23)18(20)26/h1-8H,9H2,(H,19,23). The van der Waals surface area contributed by atoms with Crippen LogP contribution < -0.4 is 11.1 Å². The van der Waals surface area contributed by atoms with E-state index in [-0.39, 0.29) is 11.1 Å². The normalized spacial score (nSPS) is 13.1. The molecule has 1 aromatic heterocycles. The number of aromatic nitrogens is 2. The number of imide groups is 1. The third kappa shape index (κ3) is 2.61. The van der Waals surface area contributed by atoms with Crippen molar-refractivity contribution in [1.82, 2.24) is 14.6 Å². The summed E-state index contributed by atoms with van der Waals surface area (Å²) >= 11 is 0. The highest BCUT2D eigenvalue weighted by atomic mass is 16.7. The van der Waals surface area contributed by atoms with Gasteiger partial charge in [-0.3, -0.25) is 23.7 Å². The molecule has 0 bridgehead atoms. The third-order valence-corrected chi connectivity index (χ3v) is 4.12. The van der Waals surface area contributed by atoms with E-state index >= 15 is 0 Å². The van der Waals surface area contributed by atoms with Crippen LogP contribution in [0.15, 0.2) is 58.1 Å². The molecule has 1 N–H and O–H groups in total. The number of H-pyrrole nitrogens is 1. The summed E-state index contributed by atoms with van der Waals surface area (Å²) in [6.45, 7) is -0.642. The van der Waals surface area contributed by atoms with Crippen LogP contribution in [-0.4, -0.2) is 32.4 Å². The molecule has 0 saturated heterocycles. The molecule has 0 unspecified atom stereocenters. The Bertz CT molecular complexity index is 1200. The van der Waals surface area contributed by atoms with Gasteiger partial charge in [-0.25, -0.2) is 4.79 Å². The molecule has 0 fully saturated rings. The second kappa shape index (κ2) is 6.06. The van der Waals surface area contributed by atoms with Gasteiger partial charge in [-0.2, -0.15) is 0 Å². The van der Waals surface area contributed by atoms with Crippen LogP contribution in [0.25, 0.3) is 11.0 Å². The topological polar surface area (TPSA) is 119 Å². The summed E-state index contributed by atoms with van der Waals surface area (Å²) in [6, 6.07) is 12.4. The maximum atomic E-state index is 12.3. The molecule has 0 spiro atoms. The minimum Gasteiger partial charge on any atom is -0.328 e. The number of aromatic amines is 1. The molecule has 134 valence electrons. The van der Waals surface area contributed by atoms with Gasteiger partial charge in [0.05, 0.1) is 22.2 Å². The molecule has 0 aliphatic carbocycles. The molecule has 2 aromatic carbocycles. The molecular weight excluding hydrogens is 354 g/mol. The van der Waals surface area contributed by atoms with Crippen molar-refractivity contribution in [2.24, 2.45) is 0 Å². The summed E-state index contributed by atoms with van der Waals surface area (Å²) in [5, 5.41) is 0.355. The van der Waals surface area contributed by atoms with Crippen LogP contribution in [0.4, 0.5) is 0 Å². The number of fused-ring (bicyclic) bond motifs is 2. The number of amides is 2. The fraction of sp³-hybridized carbons (Fsp3) is 0.0556. The number of para-hydroxylation sites is 2. The first-order valence-corrected chi connectivity index (χ1v) is 7.88. The van der Waals surface area contributed by atoms with Crippen LogP contribution in [0.3, 0.4) is 0 Å². The lowest BCUT2D eigenvalue weighted by Crippen LogP contribution is -2.40. The van der Waals surface area contributed by atoms with Crippen molar-refractivity contribution in [2.75, 3.05) is 0 Å². The Morgan fingerprint density at radius 1 is 0.889 bits per heavy atom. The summed E-state index contributed by atoms with van der Waals surface area (Å²) in [5.74, 6) is -2.58. The molecule has 9 heteroatoms. The van der Waals surface area contributed by atoms with E-state index in [4.69, 9.17) is 4.84 Å². The SMILES string of the molecule is O=C(Cn1c(=O)c(=O)[nH]c2ccccc21)ON1C(=O)c2ccccc2C1=O. The van der Waals surface area contributed by atoms with Gasteiger partial charge in [0.2, 0.25) is 0 Å². The second-order valence-electron chi connectivity index (χ2n) is 5.78. The molecule has 1 aliphatic heterocycles. The van der Waals surface area contributed by atoms with Crippen molar-refractivity contribution in [2.45, 2.75) is 6.54 Å². The maximum absolute atomic E-state index is 12.3. The Hall–Kier alpha value is -4.01. The predicted octanol–water partition coefficient (Wildman–Crippen LogP) is 0.444. The number of carbonyl (C=O) groups excluding carboxylic acids is 3. The number of hydrogen-bond acceptors (Lipinski definition) is 6. The van der Waals surface area contributed by atoms with E-state index in [1.54, 1.807) is 36.4 Å². The van der Waals surface area contributed by atoms with Crippen molar-refractivity contribution in [3.63, 3.8) is 0 Å². The quantitative estimate of drug-likeness (QED) is 0.532. The van der Waals surface area contributed by atoms with Crippen LogP contribution >= 0.6 is 0 Å². The molecule has 3 aromatic rings. The summed E-state index contributed by atoms with van der Waals surface area (Å²) in [7, 11) is 0. The molecule has 0 atom stereocenters. The first kappa shape index (κ1) is 16.5. The van der Waals surface area contributed by atoms with Crippen molar-refractivity contribution >= 4 is 28.8 Å². The smallest absolute Gasteiger partial charge is 0.328 e. The second-order valence-corrected chi connectivity index (χ2v) is 5.78. The van der Waals surface area contributed by atoms with Gasteiger partial charge in [-0.05, 0) is 24.3 Å². The van der Waals surface area contributed by atoms with E-state index in [1.165, 1.54) is 12.1 Å². The van der Waals surface area contributed by atoms with Crippen molar-refractivity contribution in [1.29, 1.82) is 0 Å². The first-order valence-electron chi connectivity index (χ1n) is 7.88. The van der Waals surface area contributed by atoms with Gasteiger partial charge in [0, 0.05) is 0 Å². The number of rotatable bonds is 3. The van der Waals surface area contributed by atoms with Crippen LogP contribution in [0, 0.1) is 0 Å². The van der Waals surface area contributed by atoms with Gasteiger partial charge < -0.3 is 9.82 Å². The molecule has 1 aliphatic rings. The Kier molecular flexibility index (Phi) is 3.69. The summed E-state index contributed by atoms with van der Waals surface area (Å²) in [6.07, 6.45) is 0. The van der Waals surface area contributed by atoms with Gasteiger partial charge >= 0.3 is 17.1 Å². The highest BCUT2D eigenvalue weighted by Gasteiger charge is 2.38. The number of benzene rings is 2. The summed E-state index contributed by atoms with van der Waals surface area (Å²) < 4.78 is 0.925. The van der Waals surface area contributed by atoms with Crippen LogP contribution in [0.2, 0.25) is 0 Å². The first-order chi connectivity index (χ1) is 13.0. The third-order valence-electron chi connectivity index (χ3n) is 4.12. The summed E-state index contributed by atoms with van der Waals surface area (Å²) in [4.78, 5) is 67.9. The van der Waals surface area contributed by atoms with E-state index in [1.807, 2.05) is 0 Å². The minimum atomic E-state index is -1.04. The van der Waals surface area contributed by atoms with E-state index in [0.29, 0.717) is 16.1 Å². The molecule has 27 heavy (non-hydrogen) atoms. The van der Waals surface area contributed by atoms with Gasteiger partial charge in [0.15, 0.2) is 0 Å². The predicted molar refractivity (Wildman–Crippen MR) is 91.9 cm³/mol. The van der Waals surface area contributed by atoms with E-state index in [0.717, 1.165) is 4.57 Å². The fourth-order valence-corrected chi connectivity index (χ4v) is 2.89. The minimum absolute atomic E-state index is 0.120. The molecule has 9 nitrogen and oxygen atoms in total. The largest absolute Gasteiger partial charge is 0.352 e. The molecule has 2 heterocycles. The van der Waals surface area contributed by atoms with E-state index in [9.17, 15) is 24.0 Å². The lowest BCUT2D eigenvalue weighted by Gasteiger charge is -2.14. The van der Waals surface area contributed by atoms with Gasteiger partial charge in [0.1, 0.15) is 6.54 Å². The molecular formula is C18H11N3O6. The number of hydroxylamine groups is 2. The fourth-order valence-electron chi connectivity index (χ4n) is 2.89. The van der Waals surface area contributed by atoms with Gasteiger partial charge in [-0.15, -0.1) is 0 Å². The highest BCUT2D eigenvalue weighted by molar-refractivity contribution is 6.20. The molecule has 4 rings (SSSR count). The molecule has 2 amide bonds. The average molecular weight is 365 g/mol. The molecule has 0 saturated carbocycles. The lowest BCUT2D eigenvalue weighted by molar-refractivity contribution is -0.169. The van der Waals surface area contributed by atoms with Crippen molar-refractivity contribution in [3.05, 3.63) is 80.4 Å². The Morgan fingerprint density at radius 2 is 1.48 bits per heavy atom. The van der Waals surface area contributed by atoms with Crippen LogP contribution in [0.5, 0.6) is 0 Å². The lowest BCUT2D eigenvalue weighted by atomic mass is 10.1. The summed E-state index contributed by atoms with van der Waals surface area (Å²) in [5.41, 5.74) is -0.949. The molecule has 0 radical (unpaired) electrons. The van der Waals surface area contributed by atoms with Crippen molar-refractivity contribution < 1.29 is 19.2 Å². The van der Waals surface area contributed by atoms with Gasteiger partial charge in [0.25, 0.3) is 11.8 Å². The van der Waals surface area contributed by atoms with Crippen molar-refractivity contribution in [3.8, 4) is 0 Å². The zero-order chi connectivity index (χ0) is 19.1. The van der Waals surface area contributed by atoms with Crippen LogP contribution in [0.1, 0.15) is 20.7 Å². The number of hydrogen-bond donors (Lipinski definition) is 1. The number of carbonyl (C=O) groups is 3. The zero-order valence-corrected chi connectivity index (χ0v) is 13.7. The Morgan fingerprint density at radius 3 is 2.15 bits per heavy atom. The van der Waals surface area contributed by atoms with E-state index in [2.05, 4.69) is 4.98 Å². The Labute approximate surface area is 150 Å². The number of nitrogens with one attached hydrogen (secondary N) is 1. The monoisotopic (exact) mass is 365 g/mol. The number of nitrogens with zero attached hydrogens (tertiary/aromatic N) is 2. The highest BCUT2D eigenvalue weighted by Crippen LogP contribution is 2.22.